The summed E-state index contributed by atoms with van der Waals surface area (Å²) in [4.78, 5) is 31.5. The van der Waals surface area contributed by atoms with Crippen molar-refractivity contribution in [2.24, 2.45) is 0 Å². The second-order valence-electron chi connectivity index (χ2n) is 13.4. The molecule has 0 atom stereocenters. The van der Waals surface area contributed by atoms with Crippen molar-refractivity contribution < 1.29 is 31.1 Å². The summed E-state index contributed by atoms with van der Waals surface area (Å²) in [6, 6.07) is 8.10. The van der Waals surface area contributed by atoms with Crippen molar-refractivity contribution in [1.29, 1.82) is 5.26 Å². The Hall–Kier alpha value is -4.24. The lowest BCUT2D eigenvalue weighted by Gasteiger charge is -2.36. The Labute approximate surface area is 311 Å². The van der Waals surface area contributed by atoms with Crippen LogP contribution in [0, 0.1) is 11.3 Å². The molecule has 1 amide bonds. The molecule has 0 spiro atoms. The van der Waals surface area contributed by atoms with E-state index in [0.717, 1.165) is 51.0 Å². The highest BCUT2D eigenvalue weighted by Gasteiger charge is 2.33. The number of hydrogen-bond acceptors (Lipinski definition) is 11. The number of nitrogens with zero attached hydrogens (tertiary/aromatic N) is 8. The Morgan fingerprint density at radius 2 is 1.66 bits per heavy atom. The smallest absolute Gasteiger partial charge is 0.417 e. The molecule has 4 heterocycles. The molecule has 2 aliphatic heterocycles. The van der Waals surface area contributed by atoms with Crippen LogP contribution in [0.4, 0.5) is 24.7 Å². The van der Waals surface area contributed by atoms with Crippen LogP contribution in [0.3, 0.4) is 0 Å². The highest BCUT2D eigenvalue weighted by molar-refractivity contribution is 7.89. The maximum atomic E-state index is 13.1. The number of benzene rings is 1. The summed E-state index contributed by atoms with van der Waals surface area (Å²) in [6.07, 6.45) is 4.24. The van der Waals surface area contributed by atoms with E-state index in [-0.39, 0.29) is 55.7 Å². The predicted octanol–water partition coefficient (Wildman–Crippen LogP) is 4.20. The molecule has 3 aliphatic rings. The van der Waals surface area contributed by atoms with E-state index < -0.39 is 21.8 Å². The van der Waals surface area contributed by atoms with Gasteiger partial charge < -0.3 is 19.9 Å². The van der Waals surface area contributed by atoms with Gasteiger partial charge in [0, 0.05) is 70.7 Å². The van der Waals surface area contributed by atoms with Crippen LogP contribution in [0.15, 0.2) is 49.1 Å². The summed E-state index contributed by atoms with van der Waals surface area (Å²) in [5, 5.41) is 12.5. The van der Waals surface area contributed by atoms with Gasteiger partial charge in [-0.05, 0) is 56.8 Å². The number of aromatic nitrogens is 3. The molecule has 0 unspecified atom stereocenters. The number of alkyl halides is 3. The molecular weight excluding hydrogens is 735 g/mol. The maximum Gasteiger partial charge on any atom is 0.417 e. The van der Waals surface area contributed by atoms with Gasteiger partial charge in [0.15, 0.2) is 0 Å². The normalized spacial score (nSPS) is 20.5. The number of ether oxygens (including phenoxy) is 1. The first-order chi connectivity index (χ1) is 25.4. The van der Waals surface area contributed by atoms with Crippen LogP contribution in [0.2, 0.25) is 5.02 Å². The van der Waals surface area contributed by atoms with Crippen molar-refractivity contribution in [1.82, 2.24) is 29.5 Å². The van der Waals surface area contributed by atoms with Gasteiger partial charge in [-0.2, -0.15) is 22.7 Å². The van der Waals surface area contributed by atoms with E-state index in [4.69, 9.17) is 21.6 Å². The van der Waals surface area contributed by atoms with Gasteiger partial charge in [0.2, 0.25) is 10.0 Å². The van der Waals surface area contributed by atoms with Crippen LogP contribution in [0.5, 0.6) is 5.75 Å². The number of anilines is 2. The number of nitrogens with one attached hydrogen (secondary N) is 1. The topological polar surface area (TPSA) is 148 Å². The zero-order valence-electron chi connectivity index (χ0n) is 29.0. The van der Waals surface area contributed by atoms with Gasteiger partial charge in [-0.1, -0.05) is 11.6 Å². The fraction of sp³-hybridized carbons (Fsp3) is 0.514. The third-order valence-electron chi connectivity index (χ3n) is 9.87. The Morgan fingerprint density at radius 1 is 0.943 bits per heavy atom. The van der Waals surface area contributed by atoms with Gasteiger partial charge in [0.05, 0.1) is 52.3 Å². The van der Waals surface area contributed by atoms with Crippen LogP contribution in [-0.2, 0) is 16.2 Å². The lowest BCUT2D eigenvalue weighted by Crippen LogP contribution is -2.50. The molecule has 1 aromatic carbocycles. The summed E-state index contributed by atoms with van der Waals surface area (Å²) >= 11 is 6.12. The summed E-state index contributed by atoms with van der Waals surface area (Å²) in [5.41, 5.74) is 0.141. The van der Waals surface area contributed by atoms with Crippen molar-refractivity contribution in [3.8, 4) is 11.8 Å². The molecule has 3 aromatic rings. The lowest BCUT2D eigenvalue weighted by atomic mass is 9.93. The van der Waals surface area contributed by atoms with Gasteiger partial charge in [-0.25, -0.2) is 18.4 Å². The van der Waals surface area contributed by atoms with Gasteiger partial charge in [0.1, 0.15) is 23.3 Å². The van der Waals surface area contributed by atoms with Gasteiger partial charge in [-0.3, -0.25) is 14.7 Å². The second-order valence-corrected chi connectivity index (χ2v) is 15.9. The average molecular weight is 776 g/mol. The molecule has 18 heteroatoms. The average Bonchev–Trinajstić information content (AvgIpc) is 3.16. The first-order valence-electron chi connectivity index (χ1n) is 17.6. The van der Waals surface area contributed by atoms with Crippen LogP contribution >= 0.6 is 11.6 Å². The van der Waals surface area contributed by atoms with E-state index in [1.807, 2.05) is 6.07 Å². The maximum absolute atomic E-state index is 13.1. The quantitative estimate of drug-likeness (QED) is 0.299. The molecule has 0 bridgehead atoms. The van der Waals surface area contributed by atoms with E-state index in [0.29, 0.717) is 53.9 Å². The number of pyridine rings is 1. The summed E-state index contributed by atoms with van der Waals surface area (Å²) in [7, 11) is -3.51. The minimum atomic E-state index is -4.49. The van der Waals surface area contributed by atoms with Crippen molar-refractivity contribution in [2.75, 3.05) is 74.5 Å². The zero-order chi connectivity index (χ0) is 37.6. The second kappa shape index (κ2) is 16.8. The number of sulfonamides is 1. The molecule has 2 saturated heterocycles. The molecule has 3 fully saturated rings. The molecule has 1 aliphatic carbocycles. The van der Waals surface area contributed by atoms with E-state index in [9.17, 15) is 26.4 Å². The molecule has 2 aromatic heterocycles. The number of piperazine rings is 2. The van der Waals surface area contributed by atoms with Gasteiger partial charge >= 0.3 is 6.18 Å². The fourth-order valence-corrected chi connectivity index (χ4v) is 8.50. The Bertz CT molecular complexity index is 1870. The number of carbonyl (C=O) groups is 1. The number of halogens is 4. The first kappa shape index (κ1) is 38.5. The highest BCUT2D eigenvalue weighted by atomic mass is 35.5. The van der Waals surface area contributed by atoms with E-state index in [2.05, 4.69) is 30.1 Å². The van der Waals surface area contributed by atoms with Crippen LogP contribution in [0.1, 0.15) is 53.7 Å². The monoisotopic (exact) mass is 775 g/mol. The third kappa shape index (κ3) is 10.0. The van der Waals surface area contributed by atoms with E-state index in [1.165, 1.54) is 16.7 Å². The Balaban J connectivity index is 0.875. The lowest BCUT2D eigenvalue weighted by molar-refractivity contribution is -0.137. The molecule has 284 valence electrons. The van der Waals surface area contributed by atoms with Crippen LogP contribution in [0.25, 0.3) is 0 Å². The SMILES string of the molecule is N#Cc1ccc(OC2CCC(NC(=O)c3cnc(N4CCN(CCCS(=O)(=O)N5CCN(c6cncc(C(F)(F)F)c6)CC5)CC4)cn3)CC2)cc1Cl. The fourth-order valence-electron chi connectivity index (χ4n) is 6.82. The minimum absolute atomic E-state index is 0.00233. The summed E-state index contributed by atoms with van der Waals surface area (Å²) in [6.45, 7) is 4.39. The van der Waals surface area contributed by atoms with Gasteiger partial charge in [-0.15, -0.1) is 0 Å². The van der Waals surface area contributed by atoms with Gasteiger partial charge in [0.25, 0.3) is 5.91 Å². The standard InChI is InChI=1S/C35H41ClF3N9O4S/c36-31-19-30(5-2-25(31)20-40)52-29-6-3-27(4-7-29)44-34(49)32-23-43-33(24-42-32)47-11-9-45(10-12-47)8-1-17-53(50,51)48-15-13-46(14-16-48)28-18-26(21-41-22-28)35(37,38)39/h2,5,18-19,21-24,27,29H,1,3-4,6-17H2,(H,44,49). The molecule has 13 nitrogen and oxygen atoms in total. The number of hydrogen-bond donors (Lipinski definition) is 1. The number of amides is 1. The number of carbonyl (C=O) groups excluding carboxylic acids is 1. The highest BCUT2D eigenvalue weighted by Crippen LogP contribution is 2.31. The third-order valence-corrected chi connectivity index (χ3v) is 12.1. The summed E-state index contributed by atoms with van der Waals surface area (Å²) in [5.74, 6) is 1.01. The molecule has 1 saturated carbocycles. The van der Waals surface area contributed by atoms with Crippen molar-refractivity contribution in [2.45, 2.75) is 50.4 Å². The molecule has 1 N–H and O–H groups in total. The summed E-state index contributed by atoms with van der Waals surface area (Å²) < 4.78 is 72.8. The number of nitriles is 1. The minimum Gasteiger partial charge on any atom is -0.490 e. The van der Waals surface area contributed by atoms with Crippen molar-refractivity contribution in [3.63, 3.8) is 0 Å². The number of rotatable bonds is 11. The molecule has 53 heavy (non-hydrogen) atoms. The predicted molar refractivity (Wildman–Crippen MR) is 192 cm³/mol. The Kier molecular flexibility index (Phi) is 12.2. The van der Waals surface area contributed by atoms with E-state index in [1.54, 1.807) is 29.3 Å². The largest absolute Gasteiger partial charge is 0.490 e. The van der Waals surface area contributed by atoms with Crippen LogP contribution < -0.4 is 19.9 Å². The van der Waals surface area contributed by atoms with Crippen LogP contribution in [-0.4, -0.2) is 115 Å². The Morgan fingerprint density at radius 3 is 2.30 bits per heavy atom. The zero-order valence-corrected chi connectivity index (χ0v) is 30.6. The van der Waals surface area contributed by atoms with Crippen molar-refractivity contribution >= 4 is 39.0 Å². The molecule has 6 rings (SSSR count). The van der Waals surface area contributed by atoms with E-state index >= 15 is 0 Å². The molecular formula is C35H41ClF3N9O4S. The molecule has 0 radical (unpaired) electrons. The first-order valence-corrected chi connectivity index (χ1v) is 19.6. The van der Waals surface area contributed by atoms with Crippen molar-refractivity contribution in [3.05, 3.63) is 70.9 Å².